The first-order valence-corrected chi connectivity index (χ1v) is 7.61. The van der Waals surface area contributed by atoms with Crippen LogP contribution in [-0.2, 0) is 4.79 Å². The summed E-state index contributed by atoms with van der Waals surface area (Å²) in [4.78, 5) is 11.9. The number of carbonyl (C=O) groups excluding carboxylic acids is 1. The highest BCUT2D eigenvalue weighted by molar-refractivity contribution is 7.99. The molecule has 0 aromatic carbocycles. The fourth-order valence-corrected chi connectivity index (χ4v) is 2.33. The quantitative estimate of drug-likeness (QED) is 0.658. The largest absolute Gasteiger partial charge is 0.356 e. The minimum absolute atomic E-state index is 0.0474. The van der Waals surface area contributed by atoms with Crippen LogP contribution in [0, 0.1) is 11.3 Å². The third-order valence-corrected chi connectivity index (χ3v) is 3.47. The van der Waals surface area contributed by atoms with Gasteiger partial charge in [0.25, 0.3) is 0 Å². The van der Waals surface area contributed by atoms with Gasteiger partial charge in [0.05, 0.1) is 5.92 Å². The molecule has 0 aliphatic carbocycles. The van der Waals surface area contributed by atoms with Crippen molar-refractivity contribution in [2.45, 2.75) is 40.5 Å². The number of carbonyl (C=O) groups is 1. The summed E-state index contributed by atoms with van der Waals surface area (Å²) in [6.07, 6.45) is 1.89. The zero-order valence-corrected chi connectivity index (χ0v) is 12.5. The molecular formula is C13H28N2OS. The Bertz CT molecular complexity index is 214. The number of nitrogens with one attached hydrogen (secondary N) is 1. The molecule has 0 saturated carbocycles. The lowest BCUT2D eigenvalue weighted by Gasteiger charge is -2.24. The lowest BCUT2D eigenvalue weighted by molar-refractivity contribution is -0.125. The van der Waals surface area contributed by atoms with Crippen LogP contribution < -0.4 is 11.1 Å². The van der Waals surface area contributed by atoms with E-state index in [9.17, 15) is 4.79 Å². The van der Waals surface area contributed by atoms with Crippen molar-refractivity contribution in [1.82, 2.24) is 5.32 Å². The van der Waals surface area contributed by atoms with Crippen LogP contribution in [0.15, 0.2) is 0 Å². The second-order valence-corrected chi connectivity index (χ2v) is 6.93. The normalized spacial score (nSPS) is 13.5. The minimum Gasteiger partial charge on any atom is -0.356 e. The van der Waals surface area contributed by atoms with E-state index in [1.54, 1.807) is 0 Å². The SMILES string of the molecule is CCSCCCNC(=O)C(CN)CC(C)(C)C. The summed E-state index contributed by atoms with van der Waals surface area (Å²) >= 11 is 1.91. The van der Waals surface area contributed by atoms with Gasteiger partial charge in [0.2, 0.25) is 5.91 Å². The van der Waals surface area contributed by atoms with Gasteiger partial charge in [0, 0.05) is 13.1 Å². The van der Waals surface area contributed by atoms with E-state index in [-0.39, 0.29) is 17.2 Å². The van der Waals surface area contributed by atoms with Gasteiger partial charge in [-0.25, -0.2) is 0 Å². The second kappa shape index (κ2) is 8.81. The fraction of sp³-hybridized carbons (Fsp3) is 0.923. The highest BCUT2D eigenvalue weighted by Crippen LogP contribution is 2.23. The van der Waals surface area contributed by atoms with Gasteiger partial charge in [-0.1, -0.05) is 27.7 Å². The topological polar surface area (TPSA) is 55.1 Å². The summed E-state index contributed by atoms with van der Waals surface area (Å²) < 4.78 is 0. The maximum atomic E-state index is 11.9. The van der Waals surface area contributed by atoms with Gasteiger partial charge < -0.3 is 11.1 Å². The van der Waals surface area contributed by atoms with E-state index in [4.69, 9.17) is 5.73 Å². The Balaban J connectivity index is 3.85. The Morgan fingerprint density at radius 1 is 1.41 bits per heavy atom. The van der Waals surface area contributed by atoms with E-state index >= 15 is 0 Å². The Hall–Kier alpha value is -0.220. The van der Waals surface area contributed by atoms with Crippen LogP contribution in [0.1, 0.15) is 40.5 Å². The predicted molar refractivity (Wildman–Crippen MR) is 77.2 cm³/mol. The molecule has 0 heterocycles. The lowest BCUT2D eigenvalue weighted by atomic mass is 9.84. The molecule has 0 spiro atoms. The smallest absolute Gasteiger partial charge is 0.224 e. The lowest BCUT2D eigenvalue weighted by Crippen LogP contribution is -2.37. The summed E-state index contributed by atoms with van der Waals surface area (Å²) in [6.45, 7) is 9.78. The first kappa shape index (κ1) is 16.8. The molecule has 0 rings (SSSR count). The number of hydrogen-bond donors (Lipinski definition) is 2. The van der Waals surface area contributed by atoms with E-state index in [0.29, 0.717) is 6.54 Å². The number of rotatable bonds is 8. The highest BCUT2D eigenvalue weighted by atomic mass is 32.2. The molecule has 0 aliphatic rings. The van der Waals surface area contributed by atoms with Crippen LogP contribution in [0.3, 0.4) is 0 Å². The van der Waals surface area contributed by atoms with E-state index in [2.05, 4.69) is 33.0 Å². The summed E-state index contributed by atoms with van der Waals surface area (Å²) in [5.41, 5.74) is 5.82. The summed E-state index contributed by atoms with van der Waals surface area (Å²) in [6, 6.07) is 0. The molecule has 0 aromatic heterocycles. The van der Waals surface area contributed by atoms with Crippen LogP contribution in [0.25, 0.3) is 0 Å². The van der Waals surface area contributed by atoms with Crippen LogP contribution in [-0.4, -0.2) is 30.5 Å². The van der Waals surface area contributed by atoms with Gasteiger partial charge in [0.15, 0.2) is 0 Å². The molecule has 0 aromatic rings. The molecule has 4 heteroatoms. The van der Waals surface area contributed by atoms with Crippen molar-refractivity contribution in [2.75, 3.05) is 24.6 Å². The van der Waals surface area contributed by atoms with Gasteiger partial charge >= 0.3 is 0 Å². The summed E-state index contributed by atoms with van der Waals surface area (Å²) in [7, 11) is 0. The zero-order valence-electron chi connectivity index (χ0n) is 11.7. The summed E-state index contributed by atoms with van der Waals surface area (Å²) in [5, 5.41) is 2.98. The Morgan fingerprint density at radius 2 is 2.06 bits per heavy atom. The average molecular weight is 260 g/mol. The van der Waals surface area contributed by atoms with Gasteiger partial charge in [-0.15, -0.1) is 0 Å². The van der Waals surface area contributed by atoms with Crippen LogP contribution >= 0.6 is 11.8 Å². The van der Waals surface area contributed by atoms with Crippen molar-refractivity contribution in [3.63, 3.8) is 0 Å². The Labute approximate surface area is 110 Å². The highest BCUT2D eigenvalue weighted by Gasteiger charge is 2.23. The number of amides is 1. The standard InChI is InChI=1S/C13H28N2OS/c1-5-17-8-6-7-15-12(16)11(10-14)9-13(2,3)4/h11H,5-10,14H2,1-4H3,(H,15,16). The third kappa shape index (κ3) is 9.48. The van der Waals surface area contributed by atoms with Gasteiger partial charge in [-0.05, 0) is 29.8 Å². The maximum absolute atomic E-state index is 11.9. The third-order valence-electron chi connectivity index (χ3n) is 2.48. The molecular weight excluding hydrogens is 232 g/mol. The first-order valence-electron chi connectivity index (χ1n) is 6.46. The minimum atomic E-state index is -0.0474. The molecule has 1 atom stereocenters. The van der Waals surface area contributed by atoms with E-state index in [1.807, 2.05) is 11.8 Å². The molecule has 0 bridgehead atoms. The molecule has 3 N–H and O–H groups in total. The van der Waals surface area contributed by atoms with E-state index in [0.717, 1.165) is 30.9 Å². The van der Waals surface area contributed by atoms with Gasteiger partial charge in [-0.2, -0.15) is 11.8 Å². The van der Waals surface area contributed by atoms with Gasteiger partial charge in [-0.3, -0.25) is 4.79 Å². The van der Waals surface area contributed by atoms with Gasteiger partial charge in [0.1, 0.15) is 0 Å². The number of thioether (sulfide) groups is 1. The average Bonchev–Trinajstić information content (AvgIpc) is 2.24. The fourth-order valence-electron chi connectivity index (χ4n) is 1.70. The molecule has 1 unspecified atom stereocenters. The first-order chi connectivity index (χ1) is 7.90. The van der Waals surface area contributed by atoms with Crippen LogP contribution in [0.2, 0.25) is 0 Å². The molecule has 102 valence electrons. The van der Waals surface area contributed by atoms with Crippen molar-refractivity contribution < 1.29 is 4.79 Å². The summed E-state index contributed by atoms with van der Waals surface area (Å²) in [5.74, 6) is 2.32. The molecule has 0 radical (unpaired) electrons. The van der Waals surface area contributed by atoms with Crippen LogP contribution in [0.4, 0.5) is 0 Å². The molecule has 0 saturated heterocycles. The molecule has 0 aliphatic heterocycles. The Kier molecular flexibility index (Phi) is 8.70. The number of nitrogens with two attached hydrogens (primary N) is 1. The molecule has 17 heavy (non-hydrogen) atoms. The monoisotopic (exact) mass is 260 g/mol. The molecule has 1 amide bonds. The predicted octanol–water partition coefficient (Wildman–Crippen LogP) is 2.26. The molecule has 0 fully saturated rings. The number of hydrogen-bond acceptors (Lipinski definition) is 3. The van der Waals surface area contributed by atoms with Crippen molar-refractivity contribution in [3.8, 4) is 0 Å². The van der Waals surface area contributed by atoms with Crippen LogP contribution in [0.5, 0.6) is 0 Å². The molecule has 3 nitrogen and oxygen atoms in total. The van der Waals surface area contributed by atoms with Crippen molar-refractivity contribution >= 4 is 17.7 Å². The zero-order chi connectivity index (χ0) is 13.3. The van der Waals surface area contributed by atoms with Crippen molar-refractivity contribution in [1.29, 1.82) is 0 Å². The van der Waals surface area contributed by atoms with E-state index < -0.39 is 0 Å². The van der Waals surface area contributed by atoms with Crippen molar-refractivity contribution in [2.24, 2.45) is 17.1 Å². The van der Waals surface area contributed by atoms with E-state index in [1.165, 1.54) is 0 Å². The van der Waals surface area contributed by atoms with Crippen molar-refractivity contribution in [3.05, 3.63) is 0 Å². The second-order valence-electron chi connectivity index (χ2n) is 5.54. The maximum Gasteiger partial charge on any atom is 0.224 e. The Morgan fingerprint density at radius 3 is 2.53 bits per heavy atom.